The Bertz CT molecular complexity index is 548. The molecule has 0 aliphatic carbocycles. The fourth-order valence-electron chi connectivity index (χ4n) is 1.24. The maximum atomic E-state index is 11.6. The van der Waals surface area contributed by atoms with Crippen molar-refractivity contribution >= 4 is 34.9 Å². The largest absolute Gasteiger partial charge is 0.466 e. The summed E-state index contributed by atoms with van der Waals surface area (Å²) in [5, 5.41) is 4.29. The maximum Gasteiger partial charge on any atom is 0.354 e. The fourth-order valence-corrected chi connectivity index (χ4v) is 2.00. The van der Waals surface area contributed by atoms with Gasteiger partial charge in [-0.2, -0.15) is 0 Å². The molecule has 0 aromatic carbocycles. The lowest BCUT2D eigenvalue weighted by Gasteiger charge is -2.08. The Morgan fingerprint density at radius 2 is 1.85 bits per heavy atom. The molecule has 20 heavy (non-hydrogen) atoms. The van der Waals surface area contributed by atoms with Gasteiger partial charge in [0.1, 0.15) is 10.6 Å². The zero-order valence-corrected chi connectivity index (χ0v) is 11.9. The Balaban J connectivity index is 3.05. The van der Waals surface area contributed by atoms with Crippen LogP contribution in [0.2, 0.25) is 0 Å². The Morgan fingerprint density at radius 1 is 1.15 bits per heavy atom. The number of thiophene rings is 1. The minimum Gasteiger partial charge on any atom is -0.466 e. The highest BCUT2D eigenvalue weighted by molar-refractivity contribution is 7.12. The summed E-state index contributed by atoms with van der Waals surface area (Å²) in [5.74, 6) is -2.05. The van der Waals surface area contributed by atoms with E-state index < -0.39 is 17.9 Å². The zero-order chi connectivity index (χ0) is 15.1. The number of esters is 3. The van der Waals surface area contributed by atoms with Crippen molar-refractivity contribution in [1.82, 2.24) is 0 Å². The second kappa shape index (κ2) is 7.29. The summed E-state index contributed by atoms with van der Waals surface area (Å²) < 4.78 is 13.6. The van der Waals surface area contributed by atoms with Crippen molar-refractivity contribution in [3.05, 3.63) is 28.1 Å². The van der Waals surface area contributed by atoms with Crippen LogP contribution in [0.1, 0.15) is 9.67 Å². The first kappa shape index (κ1) is 15.7. The van der Waals surface area contributed by atoms with Crippen LogP contribution in [0, 0.1) is 0 Å². The third kappa shape index (κ3) is 3.82. The van der Waals surface area contributed by atoms with Crippen LogP contribution < -0.4 is 5.32 Å². The fraction of sp³-hybridized carbons (Fsp3) is 0.250. The van der Waals surface area contributed by atoms with Gasteiger partial charge in [-0.25, -0.2) is 14.4 Å². The monoisotopic (exact) mass is 299 g/mol. The van der Waals surface area contributed by atoms with E-state index in [4.69, 9.17) is 0 Å². The van der Waals surface area contributed by atoms with E-state index in [9.17, 15) is 14.4 Å². The smallest absolute Gasteiger partial charge is 0.354 e. The first-order valence-corrected chi connectivity index (χ1v) is 6.22. The minimum absolute atomic E-state index is 0.150. The molecular weight excluding hydrogens is 286 g/mol. The molecule has 0 aliphatic heterocycles. The molecule has 8 heteroatoms. The van der Waals surface area contributed by atoms with Gasteiger partial charge in [-0.05, 0) is 11.4 Å². The van der Waals surface area contributed by atoms with Gasteiger partial charge in [-0.3, -0.25) is 0 Å². The molecule has 0 bridgehead atoms. The molecule has 1 heterocycles. The van der Waals surface area contributed by atoms with Gasteiger partial charge in [0.2, 0.25) is 0 Å². The zero-order valence-electron chi connectivity index (χ0n) is 11.1. The van der Waals surface area contributed by atoms with Crippen LogP contribution >= 0.6 is 11.3 Å². The quantitative estimate of drug-likeness (QED) is 0.496. The first-order valence-electron chi connectivity index (χ1n) is 5.34. The number of anilines is 1. The third-order valence-electron chi connectivity index (χ3n) is 2.17. The molecule has 0 unspecified atom stereocenters. The molecule has 0 spiro atoms. The van der Waals surface area contributed by atoms with E-state index in [-0.39, 0.29) is 10.6 Å². The average Bonchev–Trinajstić information content (AvgIpc) is 2.92. The molecule has 7 nitrogen and oxygen atoms in total. The Kier molecular flexibility index (Phi) is 5.73. The second-order valence-corrected chi connectivity index (χ2v) is 4.27. The third-order valence-corrected chi connectivity index (χ3v) is 3.07. The molecule has 1 N–H and O–H groups in total. The number of methoxy groups -OCH3 is 3. The average molecular weight is 299 g/mol. The van der Waals surface area contributed by atoms with Crippen molar-refractivity contribution in [3.63, 3.8) is 0 Å². The number of hydrogen-bond acceptors (Lipinski definition) is 8. The first-order chi connectivity index (χ1) is 9.53. The topological polar surface area (TPSA) is 90.9 Å². The number of hydrogen-bond donors (Lipinski definition) is 1. The van der Waals surface area contributed by atoms with Crippen LogP contribution in [-0.4, -0.2) is 39.2 Å². The molecule has 1 rings (SSSR count). The molecule has 1 aromatic rings. The number of nitrogens with one attached hydrogen (secondary N) is 1. The number of ether oxygens (including phenoxy) is 3. The van der Waals surface area contributed by atoms with E-state index in [1.54, 1.807) is 11.4 Å². The van der Waals surface area contributed by atoms with E-state index in [1.165, 1.54) is 21.3 Å². The van der Waals surface area contributed by atoms with Crippen LogP contribution in [-0.2, 0) is 23.8 Å². The van der Waals surface area contributed by atoms with E-state index in [2.05, 4.69) is 19.5 Å². The van der Waals surface area contributed by atoms with Crippen LogP contribution in [0.25, 0.3) is 0 Å². The van der Waals surface area contributed by atoms with Crippen molar-refractivity contribution < 1.29 is 28.6 Å². The van der Waals surface area contributed by atoms with Crippen molar-refractivity contribution in [3.8, 4) is 0 Å². The lowest BCUT2D eigenvalue weighted by molar-refractivity contribution is -0.138. The highest BCUT2D eigenvalue weighted by atomic mass is 32.1. The van der Waals surface area contributed by atoms with Crippen LogP contribution in [0.4, 0.5) is 5.69 Å². The van der Waals surface area contributed by atoms with Gasteiger partial charge in [0.25, 0.3) is 0 Å². The Morgan fingerprint density at radius 3 is 2.40 bits per heavy atom. The van der Waals surface area contributed by atoms with E-state index in [0.717, 1.165) is 17.4 Å². The highest BCUT2D eigenvalue weighted by Crippen LogP contribution is 2.24. The molecule has 0 atom stereocenters. The van der Waals surface area contributed by atoms with E-state index >= 15 is 0 Å². The number of carbonyl (C=O) groups is 3. The van der Waals surface area contributed by atoms with Crippen LogP contribution in [0.3, 0.4) is 0 Å². The molecule has 0 aliphatic rings. The van der Waals surface area contributed by atoms with Crippen molar-refractivity contribution in [2.24, 2.45) is 0 Å². The lowest BCUT2D eigenvalue weighted by Crippen LogP contribution is -2.16. The van der Waals surface area contributed by atoms with Gasteiger partial charge in [-0.15, -0.1) is 11.3 Å². The predicted octanol–water partition coefficient (Wildman–Crippen LogP) is 1.18. The summed E-state index contributed by atoms with van der Waals surface area (Å²) in [6.45, 7) is 0. The van der Waals surface area contributed by atoms with Gasteiger partial charge in [0, 0.05) is 0 Å². The lowest BCUT2D eigenvalue weighted by atomic mass is 10.3. The number of carbonyl (C=O) groups excluding carboxylic acids is 3. The highest BCUT2D eigenvalue weighted by Gasteiger charge is 2.18. The molecular formula is C12H13NO6S. The predicted molar refractivity (Wildman–Crippen MR) is 71.4 cm³/mol. The van der Waals surface area contributed by atoms with Crippen LogP contribution in [0.15, 0.2) is 23.2 Å². The minimum atomic E-state index is -0.766. The standard InChI is InChI=1S/C12H13NO6S/c1-17-9(14)6-8(11(15)18-2)13-7-4-5-20-10(7)12(16)19-3/h4-6,13H,1-3H3/b8-6+. The molecule has 0 saturated carbocycles. The van der Waals surface area contributed by atoms with Crippen LogP contribution in [0.5, 0.6) is 0 Å². The normalized spacial score (nSPS) is 10.7. The van der Waals surface area contributed by atoms with E-state index in [0.29, 0.717) is 5.69 Å². The molecule has 0 amide bonds. The Hall–Kier alpha value is -2.35. The van der Waals surface area contributed by atoms with Gasteiger partial charge < -0.3 is 19.5 Å². The summed E-state index contributed by atoms with van der Waals surface area (Å²) in [6, 6.07) is 1.57. The molecule has 0 saturated heterocycles. The van der Waals surface area contributed by atoms with Crippen molar-refractivity contribution in [2.45, 2.75) is 0 Å². The summed E-state index contributed by atoms with van der Waals surface area (Å²) >= 11 is 1.14. The summed E-state index contributed by atoms with van der Waals surface area (Å²) in [5.41, 5.74) is 0.185. The molecule has 1 aromatic heterocycles. The molecule has 0 radical (unpaired) electrons. The summed E-state index contributed by atoms with van der Waals surface area (Å²) in [4.78, 5) is 34.6. The van der Waals surface area contributed by atoms with E-state index in [1.807, 2.05) is 0 Å². The summed E-state index contributed by atoms with van der Waals surface area (Å²) in [6.07, 6.45) is 0.935. The van der Waals surface area contributed by atoms with Crippen molar-refractivity contribution in [2.75, 3.05) is 26.6 Å². The number of rotatable bonds is 5. The molecule has 108 valence electrons. The Labute approximate surface area is 119 Å². The SMILES string of the molecule is COC(=O)/C=C(/Nc1ccsc1C(=O)OC)C(=O)OC. The summed E-state index contributed by atoms with van der Waals surface area (Å²) in [7, 11) is 3.60. The van der Waals surface area contributed by atoms with Gasteiger partial charge in [0.15, 0.2) is 0 Å². The van der Waals surface area contributed by atoms with Crippen molar-refractivity contribution in [1.29, 1.82) is 0 Å². The van der Waals surface area contributed by atoms with Gasteiger partial charge in [0.05, 0.1) is 33.1 Å². The maximum absolute atomic E-state index is 11.6. The second-order valence-electron chi connectivity index (χ2n) is 3.35. The van der Waals surface area contributed by atoms with Gasteiger partial charge in [-0.1, -0.05) is 0 Å². The molecule has 0 fully saturated rings. The van der Waals surface area contributed by atoms with Gasteiger partial charge >= 0.3 is 17.9 Å².